The van der Waals surface area contributed by atoms with E-state index in [0.717, 1.165) is 23.3 Å². The number of carbonyl (C=O) groups excluding carboxylic acids is 1. The largest absolute Gasteiger partial charge is 0.455 e. The SMILES string of the molecule is CCc1nc2ccccc2n1CC(=O)Nc1ccccc1Oc1cccc(F)c1. The summed E-state index contributed by atoms with van der Waals surface area (Å²) in [4.78, 5) is 17.4. The third kappa shape index (κ3) is 4.11. The fourth-order valence-corrected chi connectivity index (χ4v) is 3.22. The molecule has 1 heterocycles. The average molecular weight is 389 g/mol. The summed E-state index contributed by atoms with van der Waals surface area (Å²) < 4.78 is 21.1. The number of rotatable bonds is 6. The van der Waals surface area contributed by atoms with E-state index in [4.69, 9.17) is 4.74 Å². The van der Waals surface area contributed by atoms with Crippen LogP contribution in [-0.2, 0) is 17.8 Å². The number of amides is 1. The van der Waals surface area contributed by atoms with Crippen LogP contribution in [0.1, 0.15) is 12.7 Å². The minimum Gasteiger partial charge on any atom is -0.455 e. The van der Waals surface area contributed by atoms with Crippen molar-refractivity contribution in [2.45, 2.75) is 19.9 Å². The Labute approximate surface area is 167 Å². The first-order chi connectivity index (χ1) is 14.1. The predicted octanol–water partition coefficient (Wildman–Crippen LogP) is 5.17. The van der Waals surface area contributed by atoms with Gasteiger partial charge in [-0.3, -0.25) is 4.79 Å². The fourth-order valence-electron chi connectivity index (χ4n) is 3.22. The van der Waals surface area contributed by atoms with Gasteiger partial charge in [-0.15, -0.1) is 0 Å². The molecule has 0 bridgehead atoms. The van der Waals surface area contributed by atoms with Crippen molar-refractivity contribution < 1.29 is 13.9 Å². The van der Waals surface area contributed by atoms with Crippen molar-refractivity contribution >= 4 is 22.6 Å². The van der Waals surface area contributed by atoms with Crippen molar-refractivity contribution in [3.05, 3.63) is 84.4 Å². The Morgan fingerprint density at radius 2 is 1.86 bits per heavy atom. The van der Waals surface area contributed by atoms with Crippen molar-refractivity contribution in [1.82, 2.24) is 9.55 Å². The van der Waals surface area contributed by atoms with E-state index < -0.39 is 0 Å². The number of anilines is 1. The van der Waals surface area contributed by atoms with Crippen LogP contribution in [0.5, 0.6) is 11.5 Å². The fraction of sp³-hybridized carbons (Fsp3) is 0.130. The topological polar surface area (TPSA) is 56.2 Å². The van der Waals surface area contributed by atoms with Crippen molar-refractivity contribution in [1.29, 1.82) is 0 Å². The van der Waals surface area contributed by atoms with E-state index >= 15 is 0 Å². The van der Waals surface area contributed by atoms with Gasteiger partial charge >= 0.3 is 0 Å². The lowest BCUT2D eigenvalue weighted by molar-refractivity contribution is -0.116. The van der Waals surface area contributed by atoms with Gasteiger partial charge in [-0.1, -0.05) is 37.3 Å². The Kier molecular flexibility index (Phi) is 5.24. The molecular weight excluding hydrogens is 369 g/mol. The molecule has 1 aromatic heterocycles. The molecule has 0 radical (unpaired) electrons. The second-order valence-corrected chi connectivity index (χ2v) is 6.56. The minimum atomic E-state index is -0.386. The van der Waals surface area contributed by atoms with Gasteiger partial charge in [-0.25, -0.2) is 9.37 Å². The number of hydrogen-bond acceptors (Lipinski definition) is 3. The molecule has 6 heteroatoms. The van der Waals surface area contributed by atoms with Gasteiger partial charge in [0.15, 0.2) is 5.75 Å². The van der Waals surface area contributed by atoms with Crippen molar-refractivity contribution in [3.8, 4) is 11.5 Å². The molecule has 4 aromatic rings. The summed E-state index contributed by atoms with van der Waals surface area (Å²) >= 11 is 0. The molecule has 0 atom stereocenters. The zero-order valence-electron chi connectivity index (χ0n) is 15.9. The number of aryl methyl sites for hydroxylation is 1. The summed E-state index contributed by atoms with van der Waals surface area (Å²) in [6, 6.07) is 20.7. The predicted molar refractivity (Wildman–Crippen MR) is 111 cm³/mol. The van der Waals surface area contributed by atoms with Gasteiger partial charge in [0, 0.05) is 12.5 Å². The number of fused-ring (bicyclic) bond motifs is 1. The molecule has 0 saturated heterocycles. The third-order valence-corrected chi connectivity index (χ3v) is 4.54. The molecule has 0 aliphatic carbocycles. The summed E-state index contributed by atoms with van der Waals surface area (Å²) in [7, 11) is 0. The van der Waals surface area contributed by atoms with E-state index in [9.17, 15) is 9.18 Å². The maximum Gasteiger partial charge on any atom is 0.244 e. The van der Waals surface area contributed by atoms with Crippen LogP contribution >= 0.6 is 0 Å². The smallest absolute Gasteiger partial charge is 0.244 e. The molecule has 0 unspecified atom stereocenters. The van der Waals surface area contributed by atoms with Crippen LogP contribution in [0.2, 0.25) is 0 Å². The molecule has 29 heavy (non-hydrogen) atoms. The lowest BCUT2D eigenvalue weighted by Crippen LogP contribution is -2.20. The van der Waals surface area contributed by atoms with Crippen LogP contribution in [-0.4, -0.2) is 15.5 Å². The van der Waals surface area contributed by atoms with Gasteiger partial charge in [-0.2, -0.15) is 0 Å². The highest BCUT2D eigenvalue weighted by molar-refractivity contribution is 5.93. The standard InChI is InChI=1S/C23H20FN3O2/c1-2-22-25-18-10-3-5-12-20(18)27(22)15-23(28)26-19-11-4-6-13-21(19)29-17-9-7-8-16(24)14-17/h3-14H,2,15H2,1H3,(H,26,28). The van der Waals surface area contributed by atoms with Gasteiger partial charge in [0.2, 0.25) is 5.91 Å². The Hall–Kier alpha value is -3.67. The normalized spacial score (nSPS) is 10.8. The van der Waals surface area contributed by atoms with Gasteiger partial charge in [0.25, 0.3) is 0 Å². The Morgan fingerprint density at radius 1 is 1.07 bits per heavy atom. The van der Waals surface area contributed by atoms with E-state index in [1.165, 1.54) is 12.1 Å². The summed E-state index contributed by atoms with van der Waals surface area (Å²) in [5, 5.41) is 2.89. The van der Waals surface area contributed by atoms with E-state index in [-0.39, 0.29) is 18.3 Å². The Morgan fingerprint density at radius 3 is 2.69 bits per heavy atom. The Balaban J connectivity index is 1.55. The molecule has 0 saturated carbocycles. The van der Waals surface area contributed by atoms with Crippen LogP contribution in [0.3, 0.4) is 0 Å². The van der Waals surface area contributed by atoms with Crippen molar-refractivity contribution in [2.75, 3.05) is 5.32 Å². The molecule has 0 aliphatic heterocycles. The van der Waals surface area contributed by atoms with E-state index in [2.05, 4.69) is 10.3 Å². The highest BCUT2D eigenvalue weighted by Gasteiger charge is 2.14. The molecule has 0 spiro atoms. The zero-order chi connectivity index (χ0) is 20.2. The molecule has 1 amide bonds. The van der Waals surface area contributed by atoms with Gasteiger partial charge < -0.3 is 14.6 Å². The van der Waals surface area contributed by atoms with Crippen LogP contribution in [0, 0.1) is 5.82 Å². The maximum atomic E-state index is 13.4. The first-order valence-corrected chi connectivity index (χ1v) is 9.40. The number of nitrogens with one attached hydrogen (secondary N) is 1. The van der Waals surface area contributed by atoms with Crippen LogP contribution in [0.25, 0.3) is 11.0 Å². The molecule has 4 rings (SSSR count). The summed E-state index contributed by atoms with van der Waals surface area (Å²) in [6.45, 7) is 2.15. The minimum absolute atomic E-state index is 0.137. The second-order valence-electron chi connectivity index (χ2n) is 6.56. The second kappa shape index (κ2) is 8.14. The molecule has 146 valence electrons. The molecule has 1 N–H and O–H groups in total. The number of nitrogens with zero attached hydrogens (tertiary/aromatic N) is 2. The number of benzene rings is 3. The number of aromatic nitrogens is 2. The van der Waals surface area contributed by atoms with Crippen LogP contribution in [0.15, 0.2) is 72.8 Å². The highest BCUT2D eigenvalue weighted by Crippen LogP contribution is 2.29. The maximum absolute atomic E-state index is 13.4. The summed E-state index contributed by atoms with van der Waals surface area (Å²) in [5.74, 6) is 1.07. The highest BCUT2D eigenvalue weighted by atomic mass is 19.1. The van der Waals surface area contributed by atoms with E-state index in [1.54, 1.807) is 36.4 Å². The third-order valence-electron chi connectivity index (χ3n) is 4.54. The molecule has 0 fully saturated rings. The molecule has 5 nitrogen and oxygen atoms in total. The number of hydrogen-bond donors (Lipinski definition) is 1. The van der Waals surface area contributed by atoms with Crippen molar-refractivity contribution in [2.24, 2.45) is 0 Å². The van der Waals surface area contributed by atoms with E-state index in [0.29, 0.717) is 17.2 Å². The number of halogens is 1. The first kappa shape index (κ1) is 18.7. The lowest BCUT2D eigenvalue weighted by Gasteiger charge is -2.13. The first-order valence-electron chi connectivity index (χ1n) is 9.40. The van der Waals surface area contributed by atoms with Gasteiger partial charge in [-0.05, 0) is 36.4 Å². The molecule has 0 aliphatic rings. The summed E-state index contributed by atoms with van der Waals surface area (Å²) in [6.07, 6.45) is 0.723. The zero-order valence-corrected chi connectivity index (χ0v) is 15.9. The number of ether oxygens (including phenoxy) is 1. The van der Waals surface area contributed by atoms with Gasteiger partial charge in [0.05, 0.1) is 16.7 Å². The van der Waals surface area contributed by atoms with Gasteiger partial charge in [0.1, 0.15) is 23.9 Å². The number of para-hydroxylation sites is 4. The van der Waals surface area contributed by atoms with Crippen molar-refractivity contribution in [3.63, 3.8) is 0 Å². The van der Waals surface area contributed by atoms with Crippen LogP contribution < -0.4 is 10.1 Å². The summed E-state index contributed by atoms with van der Waals surface area (Å²) in [5.41, 5.74) is 2.31. The molecule has 3 aromatic carbocycles. The number of imidazole rings is 1. The average Bonchev–Trinajstić information content (AvgIpc) is 3.07. The van der Waals surface area contributed by atoms with Crippen LogP contribution in [0.4, 0.5) is 10.1 Å². The quantitative estimate of drug-likeness (QED) is 0.495. The van der Waals surface area contributed by atoms with E-state index in [1.807, 2.05) is 35.8 Å². The Bertz CT molecular complexity index is 1170. The lowest BCUT2D eigenvalue weighted by atomic mass is 10.2. The molecular formula is C23H20FN3O2. The monoisotopic (exact) mass is 389 g/mol. The number of carbonyl (C=O) groups is 1.